The zero-order valence-electron chi connectivity index (χ0n) is 16.6. The zero-order valence-corrected chi connectivity index (χ0v) is 17.4. The summed E-state index contributed by atoms with van der Waals surface area (Å²) in [5.74, 6) is 0. The second-order valence-electron chi connectivity index (χ2n) is 7.56. The summed E-state index contributed by atoms with van der Waals surface area (Å²) >= 11 is 1.75. The van der Waals surface area contributed by atoms with Gasteiger partial charge in [0.1, 0.15) is 0 Å². The molecule has 3 nitrogen and oxygen atoms in total. The molecule has 0 aromatic heterocycles. The van der Waals surface area contributed by atoms with E-state index >= 15 is 0 Å². The molecule has 0 saturated carbocycles. The van der Waals surface area contributed by atoms with Gasteiger partial charge in [-0.1, -0.05) is 72.4 Å². The van der Waals surface area contributed by atoms with Gasteiger partial charge in [-0.05, 0) is 17.4 Å². The maximum atomic E-state index is 4.93. The molecule has 0 fully saturated rings. The van der Waals surface area contributed by atoms with Gasteiger partial charge in [-0.15, -0.1) is 0 Å². The highest BCUT2D eigenvalue weighted by molar-refractivity contribution is 8.13. The smallest absolute Gasteiger partial charge is 0.159 e. The van der Waals surface area contributed by atoms with Gasteiger partial charge in [0, 0.05) is 26.1 Å². The van der Waals surface area contributed by atoms with Crippen LogP contribution < -0.4 is 0 Å². The van der Waals surface area contributed by atoms with Crippen molar-refractivity contribution in [2.24, 2.45) is 4.99 Å². The van der Waals surface area contributed by atoms with E-state index in [4.69, 9.17) is 4.99 Å². The molecular weight excluding hydrogens is 338 g/mol. The van der Waals surface area contributed by atoms with E-state index in [0.29, 0.717) is 0 Å². The molecule has 0 bridgehead atoms. The first-order chi connectivity index (χ1) is 12.5. The fraction of sp³-hybridized carbons (Fsp3) is 0.409. The fourth-order valence-corrected chi connectivity index (χ4v) is 3.42. The molecule has 0 aliphatic rings. The number of aliphatic imine (C=N–C) groups is 1. The van der Waals surface area contributed by atoms with Gasteiger partial charge >= 0.3 is 0 Å². The van der Waals surface area contributed by atoms with Gasteiger partial charge in [-0.3, -0.25) is 4.99 Å². The molecule has 4 heteroatoms. The Balaban J connectivity index is 2.11. The molecule has 0 unspecified atom stereocenters. The third-order valence-corrected chi connectivity index (χ3v) is 4.87. The lowest BCUT2D eigenvalue weighted by molar-refractivity contribution is -0.870. The zero-order chi connectivity index (χ0) is 18.8. The maximum absolute atomic E-state index is 4.93. The van der Waals surface area contributed by atoms with Crippen molar-refractivity contribution in [3.63, 3.8) is 0 Å². The third kappa shape index (κ3) is 7.63. The molecule has 0 heterocycles. The van der Waals surface area contributed by atoms with Crippen LogP contribution in [-0.4, -0.2) is 55.0 Å². The number of amidine groups is 1. The quantitative estimate of drug-likeness (QED) is 0.294. The van der Waals surface area contributed by atoms with Crippen molar-refractivity contribution >= 4 is 16.9 Å². The van der Waals surface area contributed by atoms with Crippen LogP contribution >= 0.6 is 11.8 Å². The fourth-order valence-electron chi connectivity index (χ4n) is 2.81. The van der Waals surface area contributed by atoms with Crippen molar-refractivity contribution in [3.8, 4) is 0 Å². The normalized spacial score (nSPS) is 12.2. The summed E-state index contributed by atoms with van der Waals surface area (Å²) < 4.78 is 0.988. The van der Waals surface area contributed by atoms with Gasteiger partial charge in [0.05, 0.1) is 27.7 Å². The highest BCUT2D eigenvalue weighted by atomic mass is 32.2. The van der Waals surface area contributed by atoms with Gasteiger partial charge < -0.3 is 9.38 Å². The lowest BCUT2D eigenvalue weighted by atomic mass is 10.2. The molecule has 26 heavy (non-hydrogen) atoms. The molecule has 2 aromatic carbocycles. The Labute approximate surface area is 163 Å². The van der Waals surface area contributed by atoms with Crippen LogP contribution in [0.3, 0.4) is 0 Å². The Kier molecular flexibility index (Phi) is 8.20. The van der Waals surface area contributed by atoms with Crippen LogP contribution in [0.2, 0.25) is 0 Å². The van der Waals surface area contributed by atoms with E-state index in [1.807, 2.05) is 0 Å². The monoisotopic (exact) mass is 370 g/mol. The summed E-state index contributed by atoms with van der Waals surface area (Å²) in [6, 6.07) is 21.3. The van der Waals surface area contributed by atoms with E-state index in [1.54, 1.807) is 11.8 Å². The Morgan fingerprint density at radius 2 is 1.38 bits per heavy atom. The van der Waals surface area contributed by atoms with Gasteiger partial charge in [-0.25, -0.2) is 0 Å². The number of thioether (sulfide) groups is 1. The van der Waals surface area contributed by atoms with Gasteiger partial charge in [-0.2, -0.15) is 0 Å². The lowest BCUT2D eigenvalue weighted by Crippen LogP contribution is -2.35. The highest BCUT2D eigenvalue weighted by Gasteiger charge is 2.13. The third-order valence-electron chi connectivity index (χ3n) is 4.12. The topological polar surface area (TPSA) is 15.6 Å². The van der Waals surface area contributed by atoms with Crippen LogP contribution in [0.1, 0.15) is 17.5 Å². The summed E-state index contributed by atoms with van der Waals surface area (Å²) in [5.41, 5.74) is 2.63. The molecule has 2 aromatic rings. The number of hydrogen-bond donors (Lipinski definition) is 0. The largest absolute Gasteiger partial charge is 0.343 e. The molecule has 2 rings (SSSR count). The Morgan fingerprint density at radius 3 is 1.81 bits per heavy atom. The molecule has 140 valence electrons. The summed E-state index contributed by atoms with van der Waals surface area (Å²) in [6.45, 7) is 3.78. The first kappa shape index (κ1) is 20.5. The van der Waals surface area contributed by atoms with E-state index in [2.05, 4.69) is 93.0 Å². The SMILES string of the molecule is CSC(=NCCC[N+](C)(C)C)N(Cc1ccccc1)Cc1ccccc1. The number of nitrogens with zero attached hydrogens (tertiary/aromatic N) is 3. The van der Waals surface area contributed by atoms with Crippen molar-refractivity contribution in [3.05, 3.63) is 71.8 Å². The standard InChI is InChI=1S/C22H32N3S/c1-25(2,3)17-11-16-23-22(26-4)24(18-20-12-7-5-8-13-20)19-21-14-9-6-10-15-21/h5-10,12-15H,11,16-19H2,1-4H3/q+1. The maximum Gasteiger partial charge on any atom is 0.159 e. The summed E-state index contributed by atoms with van der Waals surface area (Å²) in [6.07, 6.45) is 3.24. The molecule has 0 atom stereocenters. The van der Waals surface area contributed by atoms with Crippen LogP contribution in [0, 0.1) is 0 Å². The van der Waals surface area contributed by atoms with E-state index in [1.165, 1.54) is 11.1 Å². The molecule has 0 amide bonds. The molecule has 0 spiro atoms. The first-order valence-electron chi connectivity index (χ1n) is 9.19. The Morgan fingerprint density at radius 1 is 0.885 bits per heavy atom. The summed E-state index contributed by atoms with van der Waals surface area (Å²) in [5, 5.41) is 1.12. The lowest BCUT2D eigenvalue weighted by Gasteiger charge is -2.26. The van der Waals surface area contributed by atoms with Crippen LogP contribution in [0.4, 0.5) is 0 Å². The van der Waals surface area contributed by atoms with Crippen LogP contribution in [0.15, 0.2) is 65.7 Å². The average molecular weight is 371 g/mol. The van der Waals surface area contributed by atoms with E-state index in [0.717, 1.165) is 42.3 Å². The highest BCUT2D eigenvalue weighted by Crippen LogP contribution is 2.16. The van der Waals surface area contributed by atoms with Crippen molar-refractivity contribution in [2.75, 3.05) is 40.5 Å². The van der Waals surface area contributed by atoms with Crippen LogP contribution in [0.25, 0.3) is 0 Å². The number of quaternary nitrogens is 1. The van der Waals surface area contributed by atoms with Gasteiger partial charge in [0.25, 0.3) is 0 Å². The first-order valence-corrected chi connectivity index (χ1v) is 10.4. The predicted octanol–water partition coefficient (Wildman–Crippen LogP) is 4.50. The summed E-state index contributed by atoms with van der Waals surface area (Å²) in [4.78, 5) is 7.32. The minimum atomic E-state index is 0.880. The predicted molar refractivity (Wildman–Crippen MR) is 115 cm³/mol. The van der Waals surface area contributed by atoms with Crippen LogP contribution in [0.5, 0.6) is 0 Å². The molecule has 0 aliphatic heterocycles. The van der Waals surface area contributed by atoms with Crippen molar-refractivity contribution in [1.82, 2.24) is 4.90 Å². The summed E-state index contributed by atoms with van der Waals surface area (Å²) in [7, 11) is 6.70. The van der Waals surface area contributed by atoms with Gasteiger partial charge in [0.2, 0.25) is 0 Å². The van der Waals surface area contributed by atoms with Crippen molar-refractivity contribution in [1.29, 1.82) is 0 Å². The van der Waals surface area contributed by atoms with Crippen LogP contribution in [-0.2, 0) is 13.1 Å². The second-order valence-corrected chi connectivity index (χ2v) is 8.34. The minimum absolute atomic E-state index is 0.880. The molecule has 0 radical (unpaired) electrons. The second kappa shape index (κ2) is 10.4. The molecule has 0 saturated heterocycles. The molecule has 0 aliphatic carbocycles. The van der Waals surface area contributed by atoms with Crippen molar-refractivity contribution in [2.45, 2.75) is 19.5 Å². The average Bonchev–Trinajstić information content (AvgIpc) is 2.62. The minimum Gasteiger partial charge on any atom is -0.343 e. The van der Waals surface area contributed by atoms with Crippen molar-refractivity contribution < 1.29 is 4.48 Å². The van der Waals surface area contributed by atoms with E-state index in [9.17, 15) is 0 Å². The molecule has 0 N–H and O–H groups in total. The number of rotatable bonds is 8. The van der Waals surface area contributed by atoms with E-state index in [-0.39, 0.29) is 0 Å². The Bertz CT molecular complexity index is 621. The number of hydrogen-bond acceptors (Lipinski definition) is 2. The van der Waals surface area contributed by atoms with E-state index < -0.39 is 0 Å². The molecular formula is C22H32N3S+. The Hall–Kier alpha value is -1.78. The number of benzene rings is 2. The van der Waals surface area contributed by atoms with Gasteiger partial charge in [0.15, 0.2) is 5.17 Å².